The molecule has 1 atom stereocenters. The fourth-order valence-corrected chi connectivity index (χ4v) is 5.81. The number of nitrogens with one attached hydrogen (secondary N) is 1. The maximum atomic E-state index is 12.8. The SMILES string of the molecule is O=C(NCCCN1CCC(c2c(Cl)cccc2Cl)CC1)[C@@H]1CCCN1Cc1ccccc1. The van der Waals surface area contributed by atoms with Crippen molar-refractivity contribution >= 4 is 29.1 Å². The van der Waals surface area contributed by atoms with Gasteiger partial charge in [-0.2, -0.15) is 0 Å². The zero-order chi connectivity index (χ0) is 22.3. The van der Waals surface area contributed by atoms with Crippen molar-refractivity contribution in [1.29, 1.82) is 0 Å². The maximum absolute atomic E-state index is 12.8. The highest BCUT2D eigenvalue weighted by molar-refractivity contribution is 6.36. The summed E-state index contributed by atoms with van der Waals surface area (Å²) in [5.41, 5.74) is 2.38. The molecule has 0 unspecified atom stereocenters. The molecule has 32 heavy (non-hydrogen) atoms. The Hall–Kier alpha value is -1.59. The van der Waals surface area contributed by atoms with Crippen LogP contribution in [0.5, 0.6) is 0 Å². The Balaban J connectivity index is 1.16. The second kappa shape index (κ2) is 11.5. The highest BCUT2D eigenvalue weighted by atomic mass is 35.5. The molecule has 0 aromatic heterocycles. The van der Waals surface area contributed by atoms with Gasteiger partial charge in [0.2, 0.25) is 5.91 Å². The second-order valence-electron chi connectivity index (χ2n) is 9.01. The Morgan fingerprint density at radius 2 is 1.66 bits per heavy atom. The van der Waals surface area contributed by atoms with E-state index in [0.717, 1.165) is 87.0 Å². The molecule has 0 saturated carbocycles. The van der Waals surface area contributed by atoms with Crippen molar-refractivity contribution in [2.45, 2.75) is 50.6 Å². The molecule has 2 aliphatic heterocycles. The van der Waals surface area contributed by atoms with Gasteiger partial charge in [0.1, 0.15) is 0 Å². The van der Waals surface area contributed by atoms with E-state index in [9.17, 15) is 4.79 Å². The number of hydrogen-bond acceptors (Lipinski definition) is 3. The number of hydrogen-bond donors (Lipinski definition) is 1. The third kappa shape index (κ3) is 6.05. The molecule has 2 fully saturated rings. The van der Waals surface area contributed by atoms with Crippen molar-refractivity contribution < 1.29 is 4.79 Å². The van der Waals surface area contributed by atoms with E-state index >= 15 is 0 Å². The monoisotopic (exact) mass is 473 g/mol. The van der Waals surface area contributed by atoms with Gasteiger partial charge in [-0.3, -0.25) is 9.69 Å². The van der Waals surface area contributed by atoms with Gasteiger partial charge in [0.25, 0.3) is 0 Å². The molecule has 2 aromatic carbocycles. The fourth-order valence-electron chi connectivity index (χ4n) is 5.11. The van der Waals surface area contributed by atoms with Crippen LogP contribution in [0.1, 0.15) is 49.1 Å². The van der Waals surface area contributed by atoms with Crippen molar-refractivity contribution in [3.8, 4) is 0 Å². The van der Waals surface area contributed by atoms with Crippen molar-refractivity contribution in [2.75, 3.05) is 32.7 Å². The summed E-state index contributed by atoms with van der Waals surface area (Å²) in [6.07, 6.45) is 5.18. The zero-order valence-electron chi connectivity index (χ0n) is 18.6. The topological polar surface area (TPSA) is 35.6 Å². The molecule has 0 bridgehead atoms. The molecule has 4 nitrogen and oxygen atoms in total. The van der Waals surface area contributed by atoms with Crippen molar-refractivity contribution in [1.82, 2.24) is 15.1 Å². The average Bonchev–Trinajstić information content (AvgIpc) is 3.26. The average molecular weight is 474 g/mol. The van der Waals surface area contributed by atoms with Gasteiger partial charge in [0.15, 0.2) is 0 Å². The minimum atomic E-state index is 0.00585. The molecule has 1 N–H and O–H groups in total. The van der Waals surface area contributed by atoms with Crippen molar-refractivity contribution in [3.05, 3.63) is 69.7 Å². The normalized spacial score (nSPS) is 20.5. The van der Waals surface area contributed by atoms with E-state index in [4.69, 9.17) is 23.2 Å². The van der Waals surface area contributed by atoms with Gasteiger partial charge in [-0.1, -0.05) is 59.6 Å². The molecule has 0 aliphatic carbocycles. The van der Waals surface area contributed by atoms with Crippen LogP contribution in [-0.2, 0) is 11.3 Å². The molecule has 2 aromatic rings. The molecule has 0 spiro atoms. The molecule has 2 aliphatic rings. The van der Waals surface area contributed by atoms with E-state index in [0.29, 0.717) is 5.92 Å². The van der Waals surface area contributed by atoms with E-state index in [-0.39, 0.29) is 11.9 Å². The predicted octanol–water partition coefficient (Wildman–Crippen LogP) is 5.34. The predicted molar refractivity (Wildman–Crippen MR) is 132 cm³/mol. The quantitative estimate of drug-likeness (QED) is 0.525. The second-order valence-corrected chi connectivity index (χ2v) is 9.82. The lowest BCUT2D eigenvalue weighted by molar-refractivity contribution is -0.125. The number of rotatable bonds is 8. The minimum absolute atomic E-state index is 0.00585. The number of halogens is 2. The Morgan fingerprint density at radius 1 is 0.938 bits per heavy atom. The Kier molecular flexibility index (Phi) is 8.48. The summed E-state index contributed by atoms with van der Waals surface area (Å²) < 4.78 is 0. The molecule has 0 radical (unpaired) electrons. The Bertz CT molecular complexity index is 864. The molecule has 1 amide bonds. The number of carbonyl (C=O) groups excluding carboxylic acids is 1. The van der Waals surface area contributed by atoms with Crippen LogP contribution in [0.4, 0.5) is 0 Å². The van der Waals surface area contributed by atoms with E-state index in [2.05, 4.69) is 39.4 Å². The molecule has 2 heterocycles. The van der Waals surface area contributed by atoms with Gasteiger partial charge in [-0.25, -0.2) is 0 Å². The first-order valence-electron chi connectivity index (χ1n) is 11.8. The number of piperidine rings is 1. The van der Waals surface area contributed by atoms with E-state index in [1.807, 2.05) is 24.3 Å². The van der Waals surface area contributed by atoms with Crippen molar-refractivity contribution in [2.24, 2.45) is 0 Å². The summed E-state index contributed by atoms with van der Waals surface area (Å²) in [5, 5.41) is 4.76. The van der Waals surface area contributed by atoms with Gasteiger partial charge in [-0.05, 0) is 87.5 Å². The molecule has 6 heteroatoms. The van der Waals surface area contributed by atoms with Crippen LogP contribution >= 0.6 is 23.2 Å². The summed E-state index contributed by atoms with van der Waals surface area (Å²) in [5.74, 6) is 0.621. The van der Waals surface area contributed by atoms with Crippen LogP contribution in [0.25, 0.3) is 0 Å². The summed E-state index contributed by atoms with van der Waals surface area (Å²) in [6.45, 7) is 5.70. The molecular formula is C26H33Cl2N3O. The summed E-state index contributed by atoms with van der Waals surface area (Å²) >= 11 is 12.8. The van der Waals surface area contributed by atoms with Crippen LogP contribution in [-0.4, -0.2) is 54.5 Å². The summed E-state index contributed by atoms with van der Waals surface area (Å²) in [6, 6.07) is 16.2. The lowest BCUT2D eigenvalue weighted by Crippen LogP contribution is -2.43. The number of carbonyl (C=O) groups is 1. The van der Waals surface area contributed by atoms with Gasteiger partial charge in [-0.15, -0.1) is 0 Å². The number of nitrogens with zero attached hydrogens (tertiary/aromatic N) is 2. The van der Waals surface area contributed by atoms with Gasteiger partial charge in [0.05, 0.1) is 6.04 Å². The first-order valence-corrected chi connectivity index (χ1v) is 12.6. The smallest absolute Gasteiger partial charge is 0.237 e. The number of benzene rings is 2. The molecule has 2 saturated heterocycles. The van der Waals surface area contributed by atoms with Gasteiger partial charge in [0, 0.05) is 23.1 Å². The van der Waals surface area contributed by atoms with E-state index in [1.54, 1.807) is 0 Å². The lowest BCUT2D eigenvalue weighted by atomic mass is 9.89. The molecule has 4 rings (SSSR count). The Morgan fingerprint density at radius 3 is 2.38 bits per heavy atom. The van der Waals surface area contributed by atoms with E-state index in [1.165, 1.54) is 5.56 Å². The van der Waals surface area contributed by atoms with Crippen LogP contribution in [0.2, 0.25) is 10.0 Å². The first kappa shape index (κ1) is 23.6. The number of amides is 1. The van der Waals surface area contributed by atoms with Crippen LogP contribution in [0.15, 0.2) is 48.5 Å². The largest absolute Gasteiger partial charge is 0.355 e. The molecular weight excluding hydrogens is 441 g/mol. The van der Waals surface area contributed by atoms with Gasteiger partial charge >= 0.3 is 0 Å². The maximum Gasteiger partial charge on any atom is 0.237 e. The zero-order valence-corrected chi connectivity index (χ0v) is 20.1. The summed E-state index contributed by atoms with van der Waals surface area (Å²) in [4.78, 5) is 17.6. The lowest BCUT2D eigenvalue weighted by Gasteiger charge is -2.33. The van der Waals surface area contributed by atoms with Crippen LogP contribution in [0.3, 0.4) is 0 Å². The molecule has 172 valence electrons. The van der Waals surface area contributed by atoms with Crippen molar-refractivity contribution in [3.63, 3.8) is 0 Å². The number of likely N-dealkylation sites (tertiary alicyclic amines) is 2. The highest BCUT2D eigenvalue weighted by Crippen LogP contribution is 2.37. The van der Waals surface area contributed by atoms with E-state index < -0.39 is 0 Å². The Labute approximate surface area is 201 Å². The van der Waals surface area contributed by atoms with Crippen LogP contribution < -0.4 is 5.32 Å². The highest BCUT2D eigenvalue weighted by Gasteiger charge is 2.30. The third-order valence-electron chi connectivity index (χ3n) is 6.84. The summed E-state index contributed by atoms with van der Waals surface area (Å²) in [7, 11) is 0. The fraction of sp³-hybridized carbons (Fsp3) is 0.500. The third-order valence-corrected chi connectivity index (χ3v) is 7.50. The minimum Gasteiger partial charge on any atom is -0.355 e. The standard InChI is InChI=1S/C26H33Cl2N3O/c27-22-9-4-10-23(28)25(22)21-12-17-30(18-13-21)15-6-14-29-26(32)24-11-5-16-31(24)19-20-7-2-1-3-8-20/h1-4,7-10,21,24H,5-6,11-19H2,(H,29,32)/t24-/m0/s1. The van der Waals surface area contributed by atoms with Gasteiger partial charge < -0.3 is 10.2 Å². The first-order chi connectivity index (χ1) is 15.6. The van der Waals surface area contributed by atoms with Crippen LogP contribution in [0, 0.1) is 0 Å².